The molecule has 8 heteroatoms. The molecule has 2 aromatic rings. The molecule has 0 atom stereocenters. The first-order valence-electron chi connectivity index (χ1n) is 9.11. The third kappa shape index (κ3) is 4.45. The van der Waals surface area contributed by atoms with Crippen LogP contribution in [0.4, 0.5) is 5.69 Å². The average Bonchev–Trinajstić information content (AvgIpc) is 2.94. The standard InChI is InChI=1S/C19H24N4O4/c1-22-13-20-23(18(22)27)15-7-5-14(6-8-15)21-16(24)11-19(12-17(25)26)9-3-2-4-10-19/h5-8,13H,2-4,9-12H2,1H3,(H,21,24)(H,25,26). The highest BCUT2D eigenvalue weighted by Crippen LogP contribution is 2.42. The Balaban J connectivity index is 1.67. The number of benzene rings is 1. The van der Waals surface area contributed by atoms with Crippen molar-refractivity contribution in [2.24, 2.45) is 12.5 Å². The monoisotopic (exact) mass is 372 g/mol. The number of carboxylic acids is 1. The Bertz CT molecular complexity index is 876. The largest absolute Gasteiger partial charge is 0.481 e. The SMILES string of the molecule is Cn1cnn(-c2ccc(NC(=O)CC3(CC(=O)O)CCCCC3)cc2)c1=O. The molecule has 144 valence electrons. The molecule has 1 amide bonds. The summed E-state index contributed by atoms with van der Waals surface area (Å²) in [5.74, 6) is -1.03. The molecule has 1 fully saturated rings. The van der Waals surface area contributed by atoms with Crippen LogP contribution < -0.4 is 11.0 Å². The van der Waals surface area contributed by atoms with E-state index in [9.17, 15) is 19.5 Å². The van der Waals surface area contributed by atoms with Crippen molar-refractivity contribution in [3.63, 3.8) is 0 Å². The van der Waals surface area contributed by atoms with Crippen LogP contribution in [-0.4, -0.2) is 31.3 Å². The molecule has 0 radical (unpaired) electrons. The van der Waals surface area contributed by atoms with E-state index < -0.39 is 11.4 Å². The minimum atomic E-state index is -0.852. The number of aryl methyl sites for hydroxylation is 1. The molecule has 8 nitrogen and oxygen atoms in total. The van der Waals surface area contributed by atoms with Crippen LogP contribution in [0.3, 0.4) is 0 Å². The van der Waals surface area contributed by atoms with Crippen LogP contribution in [0.2, 0.25) is 0 Å². The number of amides is 1. The van der Waals surface area contributed by atoms with E-state index >= 15 is 0 Å². The van der Waals surface area contributed by atoms with E-state index in [4.69, 9.17) is 0 Å². The number of hydrogen-bond acceptors (Lipinski definition) is 4. The summed E-state index contributed by atoms with van der Waals surface area (Å²) in [6.07, 6.45) is 6.24. The number of rotatable bonds is 6. The second-order valence-electron chi connectivity index (χ2n) is 7.34. The predicted octanol–water partition coefficient (Wildman–Crippen LogP) is 2.32. The molecule has 1 aliphatic rings. The first-order valence-corrected chi connectivity index (χ1v) is 9.11. The number of anilines is 1. The van der Waals surface area contributed by atoms with Crippen molar-refractivity contribution in [2.75, 3.05) is 5.32 Å². The van der Waals surface area contributed by atoms with Crippen LogP contribution in [0.1, 0.15) is 44.9 Å². The molecule has 0 unspecified atom stereocenters. The zero-order valence-electron chi connectivity index (χ0n) is 15.4. The Kier molecular flexibility index (Phi) is 5.43. The van der Waals surface area contributed by atoms with E-state index in [1.807, 2.05) is 0 Å². The summed E-state index contributed by atoms with van der Waals surface area (Å²) in [7, 11) is 1.62. The summed E-state index contributed by atoms with van der Waals surface area (Å²) in [6.45, 7) is 0. The zero-order valence-corrected chi connectivity index (χ0v) is 15.4. The van der Waals surface area contributed by atoms with Crippen molar-refractivity contribution >= 4 is 17.6 Å². The molecule has 1 aromatic carbocycles. The van der Waals surface area contributed by atoms with Crippen LogP contribution in [0.15, 0.2) is 35.4 Å². The van der Waals surface area contributed by atoms with Gasteiger partial charge in [-0.25, -0.2) is 4.79 Å². The van der Waals surface area contributed by atoms with Gasteiger partial charge < -0.3 is 10.4 Å². The summed E-state index contributed by atoms with van der Waals surface area (Å²) >= 11 is 0. The van der Waals surface area contributed by atoms with Gasteiger partial charge in [0.2, 0.25) is 5.91 Å². The Morgan fingerprint density at radius 1 is 1.15 bits per heavy atom. The molecule has 0 bridgehead atoms. The lowest BCUT2D eigenvalue weighted by atomic mass is 9.69. The summed E-state index contributed by atoms with van der Waals surface area (Å²) in [4.78, 5) is 35.7. The van der Waals surface area contributed by atoms with Gasteiger partial charge in [0.05, 0.1) is 12.1 Å². The van der Waals surface area contributed by atoms with Gasteiger partial charge in [0.1, 0.15) is 6.33 Å². The Morgan fingerprint density at radius 3 is 2.37 bits per heavy atom. The molecule has 1 aliphatic carbocycles. The van der Waals surface area contributed by atoms with Gasteiger partial charge in [-0.05, 0) is 42.5 Å². The number of carbonyl (C=O) groups is 2. The molecule has 1 heterocycles. The number of nitrogens with zero attached hydrogens (tertiary/aromatic N) is 3. The highest BCUT2D eigenvalue weighted by Gasteiger charge is 2.36. The zero-order chi connectivity index (χ0) is 19.4. The molecule has 1 saturated carbocycles. The molecule has 0 saturated heterocycles. The maximum absolute atomic E-state index is 12.5. The number of aliphatic carboxylic acids is 1. The van der Waals surface area contributed by atoms with Crippen LogP contribution >= 0.6 is 0 Å². The smallest absolute Gasteiger partial charge is 0.350 e. The Labute approximate surface area is 156 Å². The lowest BCUT2D eigenvalue weighted by Crippen LogP contribution is -2.32. The van der Waals surface area contributed by atoms with Crippen LogP contribution in [-0.2, 0) is 16.6 Å². The molecule has 1 aromatic heterocycles. The fourth-order valence-electron chi connectivity index (χ4n) is 3.82. The second-order valence-corrected chi connectivity index (χ2v) is 7.34. The highest BCUT2D eigenvalue weighted by atomic mass is 16.4. The first-order chi connectivity index (χ1) is 12.9. The maximum atomic E-state index is 12.5. The normalized spacial score (nSPS) is 16.0. The summed E-state index contributed by atoms with van der Waals surface area (Å²) in [6, 6.07) is 6.83. The fourth-order valence-corrected chi connectivity index (χ4v) is 3.82. The van der Waals surface area contributed by atoms with Crippen LogP contribution in [0.25, 0.3) is 5.69 Å². The van der Waals surface area contributed by atoms with Gasteiger partial charge in [-0.15, -0.1) is 0 Å². The molecular weight excluding hydrogens is 348 g/mol. The van der Waals surface area contributed by atoms with Gasteiger partial charge in [0.15, 0.2) is 0 Å². The number of carboxylic acid groups (broad SMARTS) is 1. The fraction of sp³-hybridized carbons (Fsp3) is 0.474. The third-order valence-electron chi connectivity index (χ3n) is 5.19. The minimum Gasteiger partial charge on any atom is -0.481 e. The van der Waals surface area contributed by atoms with E-state index in [2.05, 4.69) is 10.4 Å². The third-order valence-corrected chi connectivity index (χ3v) is 5.19. The van der Waals surface area contributed by atoms with E-state index in [0.29, 0.717) is 11.4 Å². The topological polar surface area (TPSA) is 106 Å². The minimum absolute atomic E-state index is 0.0297. The van der Waals surface area contributed by atoms with Gasteiger partial charge in [-0.3, -0.25) is 14.2 Å². The van der Waals surface area contributed by atoms with Gasteiger partial charge in [0.25, 0.3) is 0 Å². The summed E-state index contributed by atoms with van der Waals surface area (Å²) < 4.78 is 2.65. The predicted molar refractivity (Wildman–Crippen MR) is 99.8 cm³/mol. The number of aromatic nitrogens is 3. The van der Waals surface area contributed by atoms with Gasteiger partial charge >= 0.3 is 11.7 Å². The van der Waals surface area contributed by atoms with E-state index in [1.54, 1.807) is 31.3 Å². The summed E-state index contributed by atoms with van der Waals surface area (Å²) in [5, 5.41) is 16.1. The molecule has 0 aliphatic heterocycles. The molecule has 27 heavy (non-hydrogen) atoms. The maximum Gasteiger partial charge on any atom is 0.350 e. The van der Waals surface area contributed by atoms with Crippen molar-refractivity contribution in [1.82, 2.24) is 14.3 Å². The van der Waals surface area contributed by atoms with Gasteiger partial charge in [0, 0.05) is 19.2 Å². The number of hydrogen-bond donors (Lipinski definition) is 2. The molecule has 2 N–H and O–H groups in total. The second kappa shape index (κ2) is 7.77. The number of nitrogens with one attached hydrogen (secondary N) is 1. The highest BCUT2D eigenvalue weighted by molar-refractivity contribution is 5.91. The van der Waals surface area contributed by atoms with Crippen molar-refractivity contribution in [3.05, 3.63) is 41.1 Å². The quantitative estimate of drug-likeness (QED) is 0.809. The number of carbonyl (C=O) groups excluding carboxylic acids is 1. The molecule has 0 spiro atoms. The van der Waals surface area contributed by atoms with E-state index in [-0.39, 0.29) is 24.4 Å². The molecule has 3 rings (SSSR count). The van der Waals surface area contributed by atoms with Gasteiger partial charge in [-0.2, -0.15) is 9.78 Å². The average molecular weight is 372 g/mol. The van der Waals surface area contributed by atoms with E-state index in [1.165, 1.54) is 15.6 Å². The lowest BCUT2D eigenvalue weighted by Gasteiger charge is -2.35. The first kappa shape index (κ1) is 18.9. The Morgan fingerprint density at radius 2 is 1.81 bits per heavy atom. The lowest BCUT2D eigenvalue weighted by molar-refractivity contribution is -0.140. The van der Waals surface area contributed by atoms with Gasteiger partial charge in [-0.1, -0.05) is 19.3 Å². The van der Waals surface area contributed by atoms with Crippen LogP contribution in [0.5, 0.6) is 0 Å². The van der Waals surface area contributed by atoms with Crippen molar-refractivity contribution in [1.29, 1.82) is 0 Å². The molecular formula is C19H24N4O4. The van der Waals surface area contributed by atoms with E-state index in [0.717, 1.165) is 32.1 Å². The van der Waals surface area contributed by atoms with Crippen molar-refractivity contribution in [3.8, 4) is 5.69 Å². The van der Waals surface area contributed by atoms with Crippen molar-refractivity contribution < 1.29 is 14.7 Å². The van der Waals surface area contributed by atoms with Crippen LogP contribution in [0, 0.1) is 5.41 Å². The summed E-state index contributed by atoms with van der Waals surface area (Å²) in [5.41, 5.74) is 0.511. The van der Waals surface area contributed by atoms with Crippen molar-refractivity contribution in [2.45, 2.75) is 44.9 Å². The Hall–Kier alpha value is -2.90.